The Kier molecular flexibility index (Phi) is 2.70. The summed E-state index contributed by atoms with van der Waals surface area (Å²) < 4.78 is 0. The van der Waals surface area contributed by atoms with Gasteiger partial charge in [0.1, 0.15) is 0 Å². The minimum absolute atomic E-state index is 1.15. The molecule has 60 valence electrons. The van der Waals surface area contributed by atoms with Crippen molar-refractivity contribution in [3.63, 3.8) is 0 Å². The van der Waals surface area contributed by atoms with E-state index in [1.165, 1.54) is 16.7 Å². The van der Waals surface area contributed by atoms with E-state index in [0.717, 1.165) is 12.8 Å². The molecule has 0 aliphatic carbocycles. The third kappa shape index (κ3) is 2.07. The zero-order valence-corrected chi connectivity index (χ0v) is 7.65. The highest BCUT2D eigenvalue weighted by atomic mass is 14.0. The van der Waals surface area contributed by atoms with Gasteiger partial charge in [0.15, 0.2) is 0 Å². The normalized spacial score (nSPS) is 10.1. The van der Waals surface area contributed by atoms with Crippen LogP contribution in [0.5, 0.6) is 0 Å². The molecule has 1 rings (SSSR count). The minimum Gasteiger partial charge on any atom is -0.0613 e. The van der Waals surface area contributed by atoms with Crippen LogP contribution in [0.4, 0.5) is 0 Å². The van der Waals surface area contributed by atoms with Gasteiger partial charge in [-0.05, 0) is 30.9 Å². The molecule has 11 heavy (non-hydrogen) atoms. The lowest BCUT2D eigenvalue weighted by Crippen LogP contribution is -1.87. The Morgan fingerprint density at radius 2 is 1.36 bits per heavy atom. The van der Waals surface area contributed by atoms with Gasteiger partial charge in [0, 0.05) is 0 Å². The summed E-state index contributed by atoms with van der Waals surface area (Å²) in [4.78, 5) is 0. The van der Waals surface area contributed by atoms with Crippen LogP contribution in [0.3, 0.4) is 0 Å². The zero-order valence-electron chi connectivity index (χ0n) is 7.65. The van der Waals surface area contributed by atoms with Crippen LogP contribution in [-0.4, -0.2) is 0 Å². The number of benzene rings is 1. The molecule has 0 amide bonds. The van der Waals surface area contributed by atoms with Crippen LogP contribution in [0, 0.1) is 6.92 Å². The summed E-state index contributed by atoms with van der Waals surface area (Å²) in [5.74, 6) is 0. The topological polar surface area (TPSA) is 0 Å². The summed E-state index contributed by atoms with van der Waals surface area (Å²) in [5.41, 5.74) is 4.31. The van der Waals surface area contributed by atoms with Gasteiger partial charge in [-0.1, -0.05) is 37.6 Å². The molecule has 0 heterocycles. The van der Waals surface area contributed by atoms with E-state index in [2.05, 4.69) is 39.0 Å². The van der Waals surface area contributed by atoms with Crippen molar-refractivity contribution >= 4 is 0 Å². The molecule has 0 atom stereocenters. The third-order valence-electron chi connectivity index (χ3n) is 2.01. The third-order valence-corrected chi connectivity index (χ3v) is 2.01. The predicted molar refractivity (Wildman–Crippen MR) is 49.9 cm³/mol. The summed E-state index contributed by atoms with van der Waals surface area (Å²) in [7, 11) is 0. The van der Waals surface area contributed by atoms with Gasteiger partial charge in [-0.2, -0.15) is 0 Å². The Balaban J connectivity index is 3.02. The van der Waals surface area contributed by atoms with Gasteiger partial charge in [0.2, 0.25) is 0 Å². The fourth-order valence-electron chi connectivity index (χ4n) is 1.36. The number of hydrogen-bond donors (Lipinski definition) is 0. The Morgan fingerprint density at radius 1 is 0.909 bits per heavy atom. The maximum atomic E-state index is 2.30. The van der Waals surface area contributed by atoms with Crippen molar-refractivity contribution in [2.45, 2.75) is 33.6 Å². The van der Waals surface area contributed by atoms with Crippen LogP contribution in [0.2, 0.25) is 0 Å². The van der Waals surface area contributed by atoms with Crippen LogP contribution >= 0.6 is 0 Å². The first-order valence-electron chi connectivity index (χ1n) is 4.35. The molecule has 0 bridgehead atoms. The van der Waals surface area contributed by atoms with E-state index in [1.807, 2.05) is 0 Å². The fraction of sp³-hybridized carbons (Fsp3) is 0.455. The van der Waals surface area contributed by atoms with E-state index in [4.69, 9.17) is 0 Å². The maximum Gasteiger partial charge on any atom is -0.0307 e. The van der Waals surface area contributed by atoms with Crippen molar-refractivity contribution in [1.82, 2.24) is 0 Å². The molecule has 0 fully saturated rings. The van der Waals surface area contributed by atoms with Gasteiger partial charge in [0.05, 0.1) is 0 Å². The molecule has 0 spiro atoms. The van der Waals surface area contributed by atoms with E-state index >= 15 is 0 Å². The molecule has 0 nitrogen and oxygen atoms in total. The molecule has 0 heteroatoms. The highest BCUT2D eigenvalue weighted by Gasteiger charge is 1.94. The highest BCUT2D eigenvalue weighted by molar-refractivity contribution is 5.29. The molecular formula is C11H16. The first kappa shape index (κ1) is 8.32. The van der Waals surface area contributed by atoms with Crippen LogP contribution in [0.15, 0.2) is 18.2 Å². The number of hydrogen-bond acceptors (Lipinski definition) is 0. The summed E-state index contributed by atoms with van der Waals surface area (Å²) in [6.07, 6.45) is 2.30. The van der Waals surface area contributed by atoms with Gasteiger partial charge in [-0.3, -0.25) is 0 Å². The predicted octanol–water partition coefficient (Wildman–Crippen LogP) is 3.12. The first-order valence-corrected chi connectivity index (χ1v) is 4.35. The molecule has 0 saturated carbocycles. The quantitative estimate of drug-likeness (QED) is 0.604. The van der Waals surface area contributed by atoms with E-state index in [-0.39, 0.29) is 0 Å². The Hall–Kier alpha value is -0.780. The fourth-order valence-corrected chi connectivity index (χ4v) is 1.36. The van der Waals surface area contributed by atoms with Crippen LogP contribution < -0.4 is 0 Å². The molecule has 0 radical (unpaired) electrons. The molecule has 0 aromatic heterocycles. The van der Waals surface area contributed by atoms with Crippen LogP contribution in [-0.2, 0) is 12.8 Å². The van der Waals surface area contributed by atoms with Crippen molar-refractivity contribution in [3.8, 4) is 0 Å². The van der Waals surface area contributed by atoms with Crippen LogP contribution in [0.1, 0.15) is 30.5 Å². The molecular weight excluding hydrogens is 132 g/mol. The largest absolute Gasteiger partial charge is 0.0613 e. The van der Waals surface area contributed by atoms with Crippen molar-refractivity contribution in [1.29, 1.82) is 0 Å². The average Bonchev–Trinajstić information content (AvgIpc) is 2.03. The Bertz CT molecular complexity index is 214. The standard InChI is InChI=1S/C11H16/c1-4-10-6-9(3)7-11(5-2)8-10/h6-8H,4-5H2,1-3H3. The van der Waals surface area contributed by atoms with E-state index in [1.54, 1.807) is 0 Å². The molecule has 0 N–H and O–H groups in total. The molecule has 0 unspecified atom stereocenters. The molecule has 0 aliphatic heterocycles. The van der Waals surface area contributed by atoms with Gasteiger partial charge in [-0.25, -0.2) is 0 Å². The number of rotatable bonds is 2. The molecule has 1 aromatic rings. The monoisotopic (exact) mass is 148 g/mol. The van der Waals surface area contributed by atoms with E-state index in [9.17, 15) is 0 Å². The highest BCUT2D eigenvalue weighted by Crippen LogP contribution is 2.10. The second-order valence-electron chi connectivity index (χ2n) is 3.03. The average molecular weight is 148 g/mol. The lowest BCUT2D eigenvalue weighted by molar-refractivity contribution is 1.08. The molecule has 0 aliphatic rings. The van der Waals surface area contributed by atoms with Crippen molar-refractivity contribution in [2.24, 2.45) is 0 Å². The Labute approximate surface area is 69.3 Å². The van der Waals surface area contributed by atoms with E-state index in [0.29, 0.717) is 0 Å². The van der Waals surface area contributed by atoms with Crippen molar-refractivity contribution in [2.75, 3.05) is 0 Å². The van der Waals surface area contributed by atoms with Gasteiger partial charge >= 0.3 is 0 Å². The van der Waals surface area contributed by atoms with E-state index < -0.39 is 0 Å². The first-order chi connectivity index (χ1) is 5.26. The molecule has 1 aromatic carbocycles. The summed E-state index contributed by atoms with van der Waals surface area (Å²) >= 11 is 0. The maximum absolute atomic E-state index is 2.30. The molecule has 0 saturated heterocycles. The van der Waals surface area contributed by atoms with Crippen LogP contribution in [0.25, 0.3) is 0 Å². The zero-order chi connectivity index (χ0) is 8.27. The lowest BCUT2D eigenvalue weighted by atomic mass is 10.0. The SMILES string of the molecule is CCc1cc(C)cc(CC)c1. The van der Waals surface area contributed by atoms with Gasteiger partial charge in [-0.15, -0.1) is 0 Å². The second kappa shape index (κ2) is 3.56. The lowest BCUT2D eigenvalue weighted by Gasteiger charge is -2.02. The Morgan fingerprint density at radius 3 is 1.73 bits per heavy atom. The summed E-state index contributed by atoms with van der Waals surface area (Å²) in [5, 5.41) is 0. The van der Waals surface area contributed by atoms with Gasteiger partial charge in [0.25, 0.3) is 0 Å². The smallest absolute Gasteiger partial charge is 0.0307 e. The minimum atomic E-state index is 1.15. The number of aryl methyl sites for hydroxylation is 3. The van der Waals surface area contributed by atoms with Crippen molar-refractivity contribution < 1.29 is 0 Å². The van der Waals surface area contributed by atoms with Crippen molar-refractivity contribution in [3.05, 3.63) is 34.9 Å². The second-order valence-corrected chi connectivity index (χ2v) is 3.03. The summed E-state index contributed by atoms with van der Waals surface area (Å²) in [6, 6.07) is 6.82. The summed E-state index contributed by atoms with van der Waals surface area (Å²) in [6.45, 7) is 6.57. The van der Waals surface area contributed by atoms with Gasteiger partial charge < -0.3 is 0 Å².